The van der Waals surface area contributed by atoms with Gasteiger partial charge >= 0.3 is 6.18 Å². The lowest BCUT2D eigenvalue weighted by Gasteiger charge is -2.23. The van der Waals surface area contributed by atoms with Gasteiger partial charge in [0.2, 0.25) is 0 Å². The maximum Gasteiger partial charge on any atom is 0.416 e. The van der Waals surface area contributed by atoms with Crippen molar-refractivity contribution < 1.29 is 13.2 Å². The van der Waals surface area contributed by atoms with Crippen LogP contribution >= 0.6 is 0 Å². The van der Waals surface area contributed by atoms with E-state index in [1.807, 2.05) is 63.7 Å². The van der Waals surface area contributed by atoms with Gasteiger partial charge in [-0.2, -0.15) is 18.4 Å². The van der Waals surface area contributed by atoms with Gasteiger partial charge in [-0.3, -0.25) is 0 Å². The van der Waals surface area contributed by atoms with Gasteiger partial charge in [-0.25, -0.2) is 0 Å². The van der Waals surface area contributed by atoms with Gasteiger partial charge in [0.05, 0.1) is 50.6 Å². The van der Waals surface area contributed by atoms with Gasteiger partial charge in [-0.05, 0) is 151 Å². The van der Waals surface area contributed by atoms with Crippen molar-refractivity contribution in [2.45, 2.75) is 33.9 Å². The van der Waals surface area contributed by atoms with Crippen molar-refractivity contribution in [3.05, 3.63) is 240 Å². The normalized spacial score (nSPS) is 11.8. The molecule has 0 radical (unpaired) electrons. The molecule has 12 aromatic rings. The Morgan fingerprint density at radius 3 is 0.958 bits per heavy atom. The number of hydrogen-bond donors (Lipinski definition) is 0. The number of aromatic nitrogens is 2. The highest BCUT2D eigenvalue weighted by molar-refractivity contribution is 6.14. The van der Waals surface area contributed by atoms with Gasteiger partial charge < -0.3 is 9.13 Å². The minimum atomic E-state index is -4.73. The third kappa shape index (κ3) is 7.71. The molecule has 0 saturated heterocycles. The highest BCUT2D eigenvalue weighted by Gasteiger charge is 2.34. The predicted octanol–water partition coefficient (Wildman–Crippen LogP) is 18.3. The van der Waals surface area contributed by atoms with Gasteiger partial charge in [0.1, 0.15) is 0 Å². The van der Waals surface area contributed by atoms with Crippen molar-refractivity contribution in [2.24, 2.45) is 0 Å². The van der Waals surface area contributed by atoms with E-state index >= 15 is 13.2 Å². The number of benzene rings is 10. The number of aryl methyl sites for hydroxylation is 4. The predicted molar refractivity (Wildman–Crippen MR) is 291 cm³/mol. The molecule has 12 rings (SSSR count). The fourth-order valence-electron chi connectivity index (χ4n) is 10.8. The van der Waals surface area contributed by atoms with E-state index in [0.29, 0.717) is 28.1 Å². The first-order valence-corrected chi connectivity index (χ1v) is 24.1. The fraction of sp³-hybridized carbons (Fsp3) is 0.0758. The molecule has 2 aromatic heterocycles. The first-order chi connectivity index (χ1) is 34.9. The van der Waals surface area contributed by atoms with Gasteiger partial charge in [0.15, 0.2) is 0 Å². The Balaban J connectivity index is 1.22. The van der Waals surface area contributed by atoms with Crippen LogP contribution < -0.4 is 0 Å². The molecule has 0 amide bonds. The monoisotopic (exact) mass is 937 g/mol. The summed E-state index contributed by atoms with van der Waals surface area (Å²) in [5.74, 6) is 0. The van der Waals surface area contributed by atoms with Crippen LogP contribution in [0.1, 0.15) is 33.4 Å². The van der Waals surface area contributed by atoms with Crippen molar-refractivity contribution in [1.29, 1.82) is 5.26 Å². The molecule has 0 saturated carbocycles. The minimum Gasteiger partial charge on any atom is -0.309 e. The van der Waals surface area contributed by atoms with Crippen molar-refractivity contribution >= 4 is 43.6 Å². The lowest BCUT2D eigenvalue weighted by atomic mass is 9.96. The zero-order chi connectivity index (χ0) is 49.4. The molecule has 0 N–H and O–H groups in total. The smallest absolute Gasteiger partial charge is 0.309 e. The van der Waals surface area contributed by atoms with Crippen LogP contribution in [0, 0.1) is 39.0 Å². The van der Waals surface area contributed by atoms with Crippen LogP contribution in [0.25, 0.3) is 111 Å². The molecule has 346 valence electrons. The lowest BCUT2D eigenvalue weighted by molar-refractivity contribution is -0.137. The molecule has 3 nitrogen and oxygen atoms in total. The van der Waals surface area contributed by atoms with Crippen LogP contribution in [-0.4, -0.2) is 9.13 Å². The Morgan fingerprint density at radius 1 is 0.347 bits per heavy atom. The Kier molecular flexibility index (Phi) is 10.6. The van der Waals surface area contributed by atoms with E-state index in [0.717, 1.165) is 110 Å². The maximum atomic E-state index is 16.0. The molecule has 6 heteroatoms. The molecule has 0 aliphatic rings. The first kappa shape index (κ1) is 44.3. The number of nitriles is 1. The summed E-state index contributed by atoms with van der Waals surface area (Å²) in [7, 11) is 0. The zero-order valence-electron chi connectivity index (χ0n) is 40.1. The van der Waals surface area contributed by atoms with Crippen LogP contribution in [0.2, 0.25) is 0 Å². The summed E-state index contributed by atoms with van der Waals surface area (Å²) in [6, 6.07) is 70.5. The van der Waals surface area contributed by atoms with Crippen molar-refractivity contribution in [1.82, 2.24) is 9.13 Å². The van der Waals surface area contributed by atoms with E-state index in [4.69, 9.17) is 0 Å². The lowest BCUT2D eigenvalue weighted by Crippen LogP contribution is -2.11. The molecule has 0 bridgehead atoms. The molecule has 0 spiro atoms. The van der Waals surface area contributed by atoms with Gasteiger partial charge in [-0.15, -0.1) is 0 Å². The molecule has 2 heterocycles. The van der Waals surface area contributed by atoms with Crippen LogP contribution in [-0.2, 0) is 6.18 Å². The van der Waals surface area contributed by atoms with Gasteiger partial charge in [0.25, 0.3) is 0 Å². The Morgan fingerprint density at radius 2 is 0.653 bits per heavy atom. The average molecular weight is 938 g/mol. The second kappa shape index (κ2) is 17.2. The summed E-state index contributed by atoms with van der Waals surface area (Å²) in [4.78, 5) is 0. The average Bonchev–Trinajstić information content (AvgIpc) is 3.89. The third-order valence-electron chi connectivity index (χ3n) is 14.1. The van der Waals surface area contributed by atoms with Gasteiger partial charge in [0, 0.05) is 27.1 Å². The summed E-state index contributed by atoms with van der Waals surface area (Å²) < 4.78 is 51.9. The number of rotatable bonds is 7. The standard InChI is InChI=1S/C66H46F3N3/c1-40-10-5-15-45(28-40)49-20-24-59-55(33-49)56-34-50(46-16-6-11-41(2)29-46)21-25-60(56)71(59)63-37-54(66(67,68)69)38-64(65(63)53-19-9-14-44(32-53)39-70)72-61-26-22-51(47-17-7-12-42(3)30-47)35-57(61)58-36-52(23-27-62(58)72)48-18-8-13-43(4)31-48/h5-38H,1-4H3. The number of halogens is 3. The van der Waals surface area contributed by atoms with E-state index in [1.165, 1.54) is 12.1 Å². The second-order valence-electron chi connectivity index (χ2n) is 19.2. The molecule has 0 atom stereocenters. The van der Waals surface area contributed by atoms with Crippen LogP contribution in [0.15, 0.2) is 206 Å². The third-order valence-corrected chi connectivity index (χ3v) is 14.1. The summed E-state index contributed by atoms with van der Waals surface area (Å²) in [6.07, 6.45) is -4.73. The molecular weight excluding hydrogens is 892 g/mol. The quantitative estimate of drug-likeness (QED) is 0.157. The Bertz CT molecular complexity index is 3780. The Hall–Kier alpha value is -8.92. The van der Waals surface area contributed by atoms with Crippen molar-refractivity contribution in [3.63, 3.8) is 0 Å². The topological polar surface area (TPSA) is 33.6 Å². The molecule has 0 unspecified atom stereocenters. The van der Waals surface area contributed by atoms with Gasteiger partial charge in [-0.1, -0.05) is 156 Å². The van der Waals surface area contributed by atoms with Crippen molar-refractivity contribution in [3.8, 4) is 73.1 Å². The van der Waals surface area contributed by atoms with Crippen LogP contribution in [0.4, 0.5) is 13.2 Å². The fourth-order valence-corrected chi connectivity index (χ4v) is 10.8. The molecule has 10 aromatic carbocycles. The SMILES string of the molecule is Cc1cccc(-c2ccc3c(c2)c2cc(-c4cccc(C)c4)ccc2n3-c2cc(C(F)(F)F)cc(-n3c4ccc(-c5cccc(C)c5)cc4c4cc(-c5cccc(C)c5)ccc43)c2-c2cccc(C#N)c2)c1. The van der Waals surface area contributed by atoms with E-state index in [-0.39, 0.29) is 0 Å². The molecule has 72 heavy (non-hydrogen) atoms. The molecule has 0 aliphatic carbocycles. The molecular formula is C66H46F3N3. The minimum absolute atomic E-state index is 0.337. The summed E-state index contributed by atoms with van der Waals surface area (Å²) in [5.41, 5.74) is 17.1. The zero-order valence-corrected chi connectivity index (χ0v) is 40.1. The Labute approximate surface area is 415 Å². The number of hydrogen-bond acceptors (Lipinski definition) is 1. The number of alkyl halides is 3. The van der Waals surface area contributed by atoms with Crippen LogP contribution in [0.5, 0.6) is 0 Å². The first-order valence-electron chi connectivity index (χ1n) is 24.1. The van der Waals surface area contributed by atoms with Crippen molar-refractivity contribution in [2.75, 3.05) is 0 Å². The van der Waals surface area contributed by atoms with E-state index in [1.54, 1.807) is 18.2 Å². The number of fused-ring (bicyclic) bond motifs is 6. The highest BCUT2D eigenvalue weighted by Crippen LogP contribution is 2.47. The molecule has 0 fully saturated rings. The number of nitrogens with zero attached hydrogens (tertiary/aromatic N) is 3. The van der Waals surface area contributed by atoms with E-state index in [9.17, 15) is 5.26 Å². The van der Waals surface area contributed by atoms with E-state index < -0.39 is 11.7 Å². The van der Waals surface area contributed by atoms with E-state index in [2.05, 4.69) is 155 Å². The summed E-state index contributed by atoms with van der Waals surface area (Å²) in [5, 5.41) is 14.0. The molecule has 0 aliphatic heterocycles. The maximum absolute atomic E-state index is 16.0. The largest absolute Gasteiger partial charge is 0.416 e. The second-order valence-corrected chi connectivity index (χ2v) is 19.2. The summed E-state index contributed by atoms with van der Waals surface area (Å²) >= 11 is 0. The highest BCUT2D eigenvalue weighted by atomic mass is 19.4. The summed E-state index contributed by atoms with van der Waals surface area (Å²) in [6.45, 7) is 8.28. The van der Waals surface area contributed by atoms with Crippen LogP contribution in [0.3, 0.4) is 0 Å².